The zero-order valence-corrected chi connectivity index (χ0v) is 12.1. The SMILES string of the molecule is CC(CC(=O)NCC1CC(O)C1)(C(=O)O)c1ccccc1. The zero-order valence-electron chi connectivity index (χ0n) is 12.1. The van der Waals surface area contributed by atoms with Gasteiger partial charge in [-0.3, -0.25) is 9.59 Å². The summed E-state index contributed by atoms with van der Waals surface area (Å²) >= 11 is 0. The molecule has 5 heteroatoms. The highest BCUT2D eigenvalue weighted by atomic mass is 16.4. The van der Waals surface area contributed by atoms with Crippen molar-refractivity contribution in [2.24, 2.45) is 5.92 Å². The van der Waals surface area contributed by atoms with Gasteiger partial charge in [-0.1, -0.05) is 30.3 Å². The van der Waals surface area contributed by atoms with Crippen LogP contribution in [0.2, 0.25) is 0 Å². The molecule has 1 atom stereocenters. The smallest absolute Gasteiger partial charge is 0.314 e. The van der Waals surface area contributed by atoms with E-state index in [1.54, 1.807) is 31.2 Å². The number of hydrogen-bond donors (Lipinski definition) is 3. The highest BCUT2D eigenvalue weighted by Gasteiger charge is 2.37. The topological polar surface area (TPSA) is 86.6 Å². The Bertz CT molecular complexity index is 510. The first-order chi connectivity index (χ1) is 9.91. The minimum absolute atomic E-state index is 0.0956. The third-order valence-corrected chi connectivity index (χ3v) is 4.20. The largest absolute Gasteiger partial charge is 0.481 e. The van der Waals surface area contributed by atoms with Gasteiger partial charge >= 0.3 is 5.97 Å². The molecular weight excluding hydrogens is 270 g/mol. The van der Waals surface area contributed by atoms with Crippen molar-refractivity contribution in [2.45, 2.75) is 37.7 Å². The van der Waals surface area contributed by atoms with Gasteiger partial charge in [0.2, 0.25) is 5.91 Å². The second-order valence-corrected chi connectivity index (χ2v) is 5.98. The summed E-state index contributed by atoms with van der Waals surface area (Å²) in [7, 11) is 0. The van der Waals surface area contributed by atoms with Crippen molar-refractivity contribution in [3.05, 3.63) is 35.9 Å². The molecule has 1 unspecified atom stereocenters. The molecule has 1 aliphatic rings. The summed E-state index contributed by atoms with van der Waals surface area (Å²) in [4.78, 5) is 23.6. The molecular formula is C16H21NO4. The summed E-state index contributed by atoms with van der Waals surface area (Å²) in [6.45, 7) is 2.07. The predicted octanol–water partition coefficient (Wildman–Crippen LogP) is 1.31. The average Bonchev–Trinajstić information content (AvgIpc) is 2.43. The number of carboxylic acid groups (broad SMARTS) is 1. The van der Waals surface area contributed by atoms with Gasteiger partial charge in [0.25, 0.3) is 0 Å². The Morgan fingerprint density at radius 3 is 2.43 bits per heavy atom. The summed E-state index contributed by atoms with van der Waals surface area (Å²) in [5.41, 5.74) is -0.614. The van der Waals surface area contributed by atoms with Gasteiger partial charge in [0.15, 0.2) is 0 Å². The number of carbonyl (C=O) groups excluding carboxylic acids is 1. The number of hydrogen-bond acceptors (Lipinski definition) is 3. The fourth-order valence-corrected chi connectivity index (χ4v) is 2.62. The molecule has 0 bridgehead atoms. The Balaban J connectivity index is 1.96. The van der Waals surface area contributed by atoms with E-state index in [0.717, 1.165) is 0 Å². The fourth-order valence-electron chi connectivity index (χ4n) is 2.62. The Morgan fingerprint density at radius 1 is 1.29 bits per heavy atom. The quantitative estimate of drug-likeness (QED) is 0.737. The molecule has 2 rings (SSSR count). The molecule has 1 fully saturated rings. The molecule has 0 radical (unpaired) electrons. The number of benzene rings is 1. The van der Waals surface area contributed by atoms with Crippen LogP contribution in [0.5, 0.6) is 0 Å². The first-order valence-electron chi connectivity index (χ1n) is 7.15. The van der Waals surface area contributed by atoms with Crippen LogP contribution < -0.4 is 5.32 Å². The lowest BCUT2D eigenvalue weighted by atomic mass is 9.79. The van der Waals surface area contributed by atoms with Crippen LogP contribution in [0.15, 0.2) is 30.3 Å². The van der Waals surface area contributed by atoms with Crippen molar-refractivity contribution in [2.75, 3.05) is 6.54 Å². The summed E-state index contributed by atoms with van der Waals surface area (Å²) in [6.07, 6.45) is 1.06. The van der Waals surface area contributed by atoms with E-state index in [-0.39, 0.29) is 18.4 Å². The normalized spacial score (nSPS) is 23.7. The minimum Gasteiger partial charge on any atom is -0.481 e. The molecule has 0 heterocycles. The second kappa shape index (κ2) is 6.26. The first kappa shape index (κ1) is 15.5. The molecule has 3 N–H and O–H groups in total. The molecule has 1 amide bonds. The number of carboxylic acids is 1. The molecule has 114 valence electrons. The number of aliphatic hydroxyl groups excluding tert-OH is 1. The molecule has 0 spiro atoms. The van der Waals surface area contributed by atoms with Crippen LogP contribution in [-0.2, 0) is 15.0 Å². The van der Waals surface area contributed by atoms with E-state index in [9.17, 15) is 19.8 Å². The van der Waals surface area contributed by atoms with Crippen LogP contribution >= 0.6 is 0 Å². The lowest BCUT2D eigenvalue weighted by molar-refractivity contribution is -0.145. The van der Waals surface area contributed by atoms with E-state index in [1.807, 2.05) is 6.07 Å². The fraction of sp³-hybridized carbons (Fsp3) is 0.500. The standard InChI is InChI=1S/C16H21NO4/c1-16(15(20)21,12-5-3-2-4-6-12)9-14(19)17-10-11-7-13(18)8-11/h2-6,11,13,18H,7-10H2,1H3,(H,17,19)(H,20,21). The maximum absolute atomic E-state index is 12.0. The molecule has 1 aliphatic carbocycles. The lowest BCUT2D eigenvalue weighted by Crippen LogP contribution is -2.42. The van der Waals surface area contributed by atoms with Crippen molar-refractivity contribution in [3.8, 4) is 0 Å². The Hall–Kier alpha value is -1.88. The van der Waals surface area contributed by atoms with E-state index < -0.39 is 11.4 Å². The van der Waals surface area contributed by atoms with E-state index in [2.05, 4.69) is 5.32 Å². The monoisotopic (exact) mass is 291 g/mol. The Kier molecular flexibility index (Phi) is 4.63. The molecule has 1 aromatic rings. The van der Waals surface area contributed by atoms with Gasteiger partial charge in [-0.05, 0) is 31.2 Å². The third-order valence-electron chi connectivity index (χ3n) is 4.20. The van der Waals surface area contributed by atoms with Gasteiger partial charge in [0, 0.05) is 13.0 Å². The summed E-state index contributed by atoms with van der Waals surface area (Å²) in [6, 6.07) is 8.80. The van der Waals surface area contributed by atoms with Crippen LogP contribution in [0.25, 0.3) is 0 Å². The number of amides is 1. The van der Waals surface area contributed by atoms with Crippen LogP contribution in [-0.4, -0.2) is 34.7 Å². The average molecular weight is 291 g/mol. The highest BCUT2D eigenvalue weighted by molar-refractivity contribution is 5.89. The van der Waals surface area contributed by atoms with Gasteiger partial charge < -0.3 is 15.5 Å². The summed E-state index contributed by atoms with van der Waals surface area (Å²) in [5, 5.41) is 21.5. The Labute approximate surface area is 124 Å². The van der Waals surface area contributed by atoms with Crippen LogP contribution in [0.4, 0.5) is 0 Å². The maximum atomic E-state index is 12.0. The van der Waals surface area contributed by atoms with Gasteiger partial charge in [0.1, 0.15) is 0 Å². The van der Waals surface area contributed by atoms with E-state index >= 15 is 0 Å². The third kappa shape index (κ3) is 3.61. The molecule has 1 saturated carbocycles. The number of aliphatic hydroxyl groups is 1. The minimum atomic E-state index is -1.23. The number of carbonyl (C=O) groups is 2. The molecule has 0 aromatic heterocycles. The van der Waals surface area contributed by atoms with Gasteiger partial charge in [-0.15, -0.1) is 0 Å². The first-order valence-corrected chi connectivity index (χ1v) is 7.15. The van der Waals surface area contributed by atoms with Crippen LogP contribution in [0.3, 0.4) is 0 Å². The molecule has 5 nitrogen and oxygen atoms in total. The van der Waals surface area contributed by atoms with Crippen molar-refractivity contribution in [3.63, 3.8) is 0 Å². The molecule has 1 aromatic carbocycles. The number of nitrogens with one attached hydrogen (secondary N) is 1. The van der Waals surface area contributed by atoms with E-state index in [4.69, 9.17) is 0 Å². The number of aliphatic carboxylic acids is 1. The lowest BCUT2D eigenvalue weighted by Gasteiger charge is -2.32. The molecule has 21 heavy (non-hydrogen) atoms. The van der Waals surface area contributed by atoms with Crippen molar-refractivity contribution in [1.29, 1.82) is 0 Å². The van der Waals surface area contributed by atoms with Crippen molar-refractivity contribution < 1.29 is 19.8 Å². The zero-order chi connectivity index (χ0) is 15.5. The second-order valence-electron chi connectivity index (χ2n) is 5.98. The van der Waals surface area contributed by atoms with Crippen LogP contribution in [0.1, 0.15) is 31.7 Å². The molecule has 0 saturated heterocycles. The van der Waals surface area contributed by atoms with Gasteiger partial charge in [-0.25, -0.2) is 0 Å². The van der Waals surface area contributed by atoms with Crippen molar-refractivity contribution in [1.82, 2.24) is 5.32 Å². The van der Waals surface area contributed by atoms with E-state index in [0.29, 0.717) is 30.9 Å². The van der Waals surface area contributed by atoms with E-state index in [1.165, 1.54) is 0 Å². The highest BCUT2D eigenvalue weighted by Crippen LogP contribution is 2.29. The number of rotatable bonds is 6. The Morgan fingerprint density at radius 2 is 1.90 bits per heavy atom. The predicted molar refractivity (Wildman–Crippen MR) is 77.8 cm³/mol. The maximum Gasteiger partial charge on any atom is 0.314 e. The summed E-state index contributed by atoms with van der Waals surface area (Å²) in [5.74, 6) is -0.982. The van der Waals surface area contributed by atoms with Crippen LogP contribution in [0, 0.1) is 5.92 Å². The molecule has 0 aliphatic heterocycles. The van der Waals surface area contributed by atoms with Crippen molar-refractivity contribution >= 4 is 11.9 Å². The van der Waals surface area contributed by atoms with Gasteiger partial charge in [0.05, 0.1) is 11.5 Å². The van der Waals surface area contributed by atoms with Gasteiger partial charge in [-0.2, -0.15) is 0 Å². The summed E-state index contributed by atoms with van der Waals surface area (Å²) < 4.78 is 0.